The topological polar surface area (TPSA) is 17.1 Å². The normalized spacial score (nSPS) is 40.7. The van der Waals surface area contributed by atoms with Gasteiger partial charge in [0.15, 0.2) is 5.78 Å². The van der Waals surface area contributed by atoms with Crippen LogP contribution in [-0.2, 0) is 0 Å². The average molecular weight is 198 g/mol. The van der Waals surface area contributed by atoms with E-state index in [1.54, 1.807) is 0 Å². The van der Waals surface area contributed by atoms with Crippen molar-refractivity contribution in [1.82, 2.24) is 0 Å². The summed E-state index contributed by atoms with van der Waals surface area (Å²) in [6.07, 6.45) is 3.97. The van der Waals surface area contributed by atoms with Gasteiger partial charge in [-0.2, -0.15) is 0 Å². The van der Waals surface area contributed by atoms with Crippen LogP contribution in [0.1, 0.15) is 41.1 Å². The molecule has 0 radical (unpaired) electrons. The van der Waals surface area contributed by atoms with Gasteiger partial charge in [0.05, 0.1) is 0 Å². The minimum Gasteiger partial charge on any atom is -0.294 e. The Labute approximate surface area is 89.5 Å². The van der Waals surface area contributed by atoms with Crippen LogP contribution in [0.25, 0.3) is 0 Å². The fourth-order valence-electron chi connectivity index (χ4n) is 4.31. The molecule has 0 heterocycles. The summed E-state index contributed by atoms with van der Waals surface area (Å²) < 4.78 is 0. The molecule has 4 rings (SSSR count). The van der Waals surface area contributed by atoms with Crippen LogP contribution >= 0.6 is 0 Å². The number of carbonyl (C=O) groups is 1. The van der Waals surface area contributed by atoms with E-state index in [-0.39, 0.29) is 0 Å². The van der Waals surface area contributed by atoms with Gasteiger partial charge in [-0.25, -0.2) is 0 Å². The number of rotatable bonds is 0. The molecule has 1 heteroatoms. The number of fused-ring (bicyclic) bond motifs is 7. The van der Waals surface area contributed by atoms with Crippen LogP contribution in [-0.4, -0.2) is 5.78 Å². The van der Waals surface area contributed by atoms with Crippen molar-refractivity contribution in [1.29, 1.82) is 0 Å². The minimum absolute atomic E-state index is 0.362. The van der Waals surface area contributed by atoms with Crippen molar-refractivity contribution in [3.63, 3.8) is 0 Å². The van der Waals surface area contributed by atoms with E-state index < -0.39 is 0 Å². The van der Waals surface area contributed by atoms with Crippen molar-refractivity contribution in [3.05, 3.63) is 35.4 Å². The number of Topliss-reactive ketones (excluding diaryl/α,β-unsaturated/α-hetero) is 1. The van der Waals surface area contributed by atoms with Crippen molar-refractivity contribution in [2.45, 2.75) is 25.2 Å². The molecule has 15 heavy (non-hydrogen) atoms. The Hall–Kier alpha value is -1.11. The smallest absolute Gasteiger partial charge is 0.167 e. The standard InChI is InChI=1S/C14H14O/c15-14-11-4-2-1-3-10(11)12-8-5-6-9(7-8)13(12)14/h1-4,8-9,12-13H,5-7H2/t8-,9-,12+,13-/m0/s1. The van der Waals surface area contributed by atoms with Crippen molar-refractivity contribution >= 4 is 5.78 Å². The summed E-state index contributed by atoms with van der Waals surface area (Å²) in [5, 5.41) is 0. The van der Waals surface area contributed by atoms with Crippen molar-refractivity contribution in [2.75, 3.05) is 0 Å². The lowest BCUT2D eigenvalue weighted by atomic mass is 9.79. The zero-order valence-corrected chi connectivity index (χ0v) is 8.65. The third kappa shape index (κ3) is 0.831. The Kier molecular flexibility index (Phi) is 1.36. The van der Waals surface area contributed by atoms with Crippen LogP contribution in [0.4, 0.5) is 0 Å². The summed E-state index contributed by atoms with van der Waals surface area (Å²) in [7, 11) is 0. The molecule has 0 N–H and O–H groups in total. The third-order valence-electron chi connectivity index (χ3n) is 4.80. The van der Waals surface area contributed by atoms with E-state index in [2.05, 4.69) is 12.1 Å². The van der Waals surface area contributed by atoms with Gasteiger partial charge in [0, 0.05) is 11.5 Å². The van der Waals surface area contributed by atoms with Gasteiger partial charge in [0.1, 0.15) is 0 Å². The van der Waals surface area contributed by atoms with Crippen LogP contribution in [0, 0.1) is 17.8 Å². The molecule has 2 bridgehead atoms. The molecule has 2 saturated carbocycles. The summed E-state index contributed by atoms with van der Waals surface area (Å²) >= 11 is 0. The number of ketones is 1. The van der Waals surface area contributed by atoms with Gasteiger partial charge in [-0.05, 0) is 42.6 Å². The second-order valence-electron chi connectivity index (χ2n) is 5.34. The Morgan fingerprint density at radius 1 is 1.00 bits per heavy atom. The predicted octanol–water partition coefficient (Wildman–Crippen LogP) is 3.01. The Morgan fingerprint density at radius 2 is 1.73 bits per heavy atom. The zero-order valence-electron chi connectivity index (χ0n) is 8.65. The Bertz CT molecular complexity index is 448. The van der Waals surface area contributed by atoms with Crippen LogP contribution in [0.2, 0.25) is 0 Å². The highest BCUT2D eigenvalue weighted by molar-refractivity contribution is 6.03. The average Bonchev–Trinajstić information content (AvgIpc) is 2.92. The molecule has 0 aromatic heterocycles. The quantitative estimate of drug-likeness (QED) is 0.626. The van der Waals surface area contributed by atoms with Crippen molar-refractivity contribution < 1.29 is 4.79 Å². The van der Waals surface area contributed by atoms with E-state index in [0.29, 0.717) is 23.5 Å². The molecule has 1 aromatic carbocycles. The van der Waals surface area contributed by atoms with E-state index in [1.165, 1.54) is 24.8 Å². The van der Waals surface area contributed by atoms with Gasteiger partial charge in [0.2, 0.25) is 0 Å². The van der Waals surface area contributed by atoms with Gasteiger partial charge >= 0.3 is 0 Å². The molecule has 2 fully saturated rings. The summed E-state index contributed by atoms with van der Waals surface area (Å²) in [5.74, 6) is 2.92. The van der Waals surface area contributed by atoms with Crippen molar-refractivity contribution in [2.24, 2.45) is 17.8 Å². The molecule has 3 aliphatic rings. The predicted molar refractivity (Wildman–Crippen MR) is 57.8 cm³/mol. The van der Waals surface area contributed by atoms with Gasteiger partial charge in [-0.3, -0.25) is 4.79 Å². The second-order valence-corrected chi connectivity index (χ2v) is 5.34. The number of hydrogen-bond acceptors (Lipinski definition) is 1. The fourth-order valence-corrected chi connectivity index (χ4v) is 4.31. The highest BCUT2D eigenvalue weighted by atomic mass is 16.1. The van der Waals surface area contributed by atoms with Gasteiger partial charge in [-0.15, -0.1) is 0 Å². The summed E-state index contributed by atoms with van der Waals surface area (Å²) in [6, 6.07) is 8.29. The van der Waals surface area contributed by atoms with E-state index in [9.17, 15) is 4.79 Å². The molecule has 0 amide bonds. The maximum absolute atomic E-state index is 12.3. The molecule has 0 saturated heterocycles. The van der Waals surface area contributed by atoms with Crippen LogP contribution in [0.3, 0.4) is 0 Å². The first-order valence-electron chi connectivity index (χ1n) is 5.99. The fraction of sp³-hybridized carbons (Fsp3) is 0.500. The summed E-state index contributed by atoms with van der Waals surface area (Å²) in [5.41, 5.74) is 2.39. The number of benzene rings is 1. The molecule has 0 aliphatic heterocycles. The molecular formula is C14H14O. The maximum Gasteiger partial charge on any atom is 0.167 e. The van der Waals surface area contributed by atoms with Gasteiger partial charge in [-0.1, -0.05) is 24.3 Å². The van der Waals surface area contributed by atoms with E-state index in [0.717, 1.165) is 11.5 Å². The molecule has 0 unspecified atom stereocenters. The SMILES string of the molecule is O=C1c2ccccc2[C@H]2[C@H]3CC[C@@H](C3)[C@H]12. The van der Waals surface area contributed by atoms with Gasteiger partial charge < -0.3 is 0 Å². The molecular weight excluding hydrogens is 184 g/mol. The summed E-state index contributed by atoms with van der Waals surface area (Å²) in [6.45, 7) is 0. The highest BCUT2D eigenvalue weighted by Gasteiger charge is 2.55. The molecule has 0 spiro atoms. The lowest BCUT2D eigenvalue weighted by Crippen LogP contribution is -2.20. The lowest BCUT2D eigenvalue weighted by Gasteiger charge is -2.23. The third-order valence-corrected chi connectivity index (χ3v) is 4.80. The Balaban J connectivity index is 1.93. The number of hydrogen-bond donors (Lipinski definition) is 0. The van der Waals surface area contributed by atoms with Crippen LogP contribution < -0.4 is 0 Å². The largest absolute Gasteiger partial charge is 0.294 e. The van der Waals surface area contributed by atoms with Crippen LogP contribution in [0.15, 0.2) is 24.3 Å². The summed E-state index contributed by atoms with van der Waals surface area (Å²) in [4.78, 5) is 12.3. The van der Waals surface area contributed by atoms with E-state index in [1.807, 2.05) is 12.1 Å². The van der Waals surface area contributed by atoms with Gasteiger partial charge in [0.25, 0.3) is 0 Å². The first-order chi connectivity index (χ1) is 7.36. The zero-order chi connectivity index (χ0) is 9.99. The number of carbonyl (C=O) groups excluding carboxylic acids is 1. The first kappa shape index (κ1) is 8.09. The molecule has 1 aromatic rings. The monoisotopic (exact) mass is 198 g/mol. The molecule has 1 nitrogen and oxygen atoms in total. The molecule has 76 valence electrons. The van der Waals surface area contributed by atoms with E-state index >= 15 is 0 Å². The first-order valence-corrected chi connectivity index (χ1v) is 5.99. The maximum atomic E-state index is 12.3. The Morgan fingerprint density at radius 3 is 2.60 bits per heavy atom. The second kappa shape index (κ2) is 2.52. The molecule has 4 atom stereocenters. The van der Waals surface area contributed by atoms with E-state index in [4.69, 9.17) is 0 Å². The minimum atomic E-state index is 0.362. The lowest BCUT2D eigenvalue weighted by molar-refractivity contribution is 0.0883. The van der Waals surface area contributed by atoms with Crippen LogP contribution in [0.5, 0.6) is 0 Å². The highest BCUT2D eigenvalue weighted by Crippen LogP contribution is 2.61. The molecule has 3 aliphatic carbocycles. The van der Waals surface area contributed by atoms with Crippen molar-refractivity contribution in [3.8, 4) is 0 Å².